The maximum atomic E-state index is 12.6. The van der Waals surface area contributed by atoms with Gasteiger partial charge < -0.3 is 44.0 Å². The molecule has 19 heteroatoms. The van der Waals surface area contributed by atoms with Gasteiger partial charge in [0, 0.05) is 108 Å². The van der Waals surface area contributed by atoms with Gasteiger partial charge in [-0.3, -0.25) is 29.2 Å². The summed E-state index contributed by atoms with van der Waals surface area (Å²) in [6, 6.07) is 16.3. The summed E-state index contributed by atoms with van der Waals surface area (Å²) in [5, 5.41) is 0. The molecule has 2 N–H and O–H groups in total. The molecule has 6 aliphatic rings. The van der Waals surface area contributed by atoms with Crippen LogP contribution in [0.25, 0.3) is 0 Å². The lowest BCUT2D eigenvalue weighted by Gasteiger charge is -2.28. The number of hydrogen-bond donors (Lipinski definition) is 1. The summed E-state index contributed by atoms with van der Waals surface area (Å²) in [4.78, 5) is 66.7. The Hall–Kier alpha value is -5.80. The summed E-state index contributed by atoms with van der Waals surface area (Å²) in [5.74, 6) is 1.13. The normalized spacial score (nSPS) is 19.1. The van der Waals surface area contributed by atoms with Gasteiger partial charge in [0.25, 0.3) is 0 Å². The lowest BCUT2D eigenvalue weighted by molar-refractivity contribution is -0.114. The van der Waals surface area contributed by atoms with Gasteiger partial charge in [0.2, 0.25) is 11.6 Å². The van der Waals surface area contributed by atoms with Crippen LogP contribution in [-0.4, -0.2) is 184 Å². The maximum absolute atomic E-state index is 12.6. The van der Waals surface area contributed by atoms with E-state index >= 15 is 0 Å². The van der Waals surface area contributed by atoms with E-state index in [0.717, 1.165) is 156 Å². The minimum atomic E-state index is -0.325. The van der Waals surface area contributed by atoms with Crippen LogP contribution < -0.4 is 25.0 Å². The van der Waals surface area contributed by atoms with E-state index in [0.29, 0.717) is 69.2 Å². The van der Waals surface area contributed by atoms with Gasteiger partial charge in [0.05, 0.1) is 70.8 Å². The van der Waals surface area contributed by atoms with Crippen LogP contribution in [-0.2, 0) is 54.5 Å². The molecule has 0 bridgehead atoms. The molecular formula is C50H64N10O9. The molecule has 4 aromatic rings. The number of fused-ring (bicyclic) bond motifs is 2. The average molecular weight is 949 g/mol. The van der Waals surface area contributed by atoms with Crippen molar-refractivity contribution in [3.63, 3.8) is 0 Å². The quantitative estimate of drug-likeness (QED) is 0.191. The fourth-order valence-corrected chi connectivity index (χ4v) is 8.59. The number of hydrogen-bond acceptors (Lipinski definition) is 19. The fraction of sp³-hybridized carbons (Fsp3) is 0.520. The molecule has 0 saturated carbocycles. The molecule has 0 radical (unpaired) electrons. The lowest BCUT2D eigenvalue weighted by atomic mass is 10.1. The Kier molecular flexibility index (Phi) is 17.7. The van der Waals surface area contributed by atoms with Crippen LogP contribution in [0, 0.1) is 13.8 Å². The highest BCUT2D eigenvalue weighted by molar-refractivity contribution is 6.49. The molecule has 6 heterocycles. The second-order valence-corrected chi connectivity index (χ2v) is 17.5. The molecule has 19 nitrogen and oxygen atoms in total. The van der Waals surface area contributed by atoms with Crippen LogP contribution in [0.5, 0.6) is 12.0 Å². The van der Waals surface area contributed by atoms with Crippen molar-refractivity contribution >= 4 is 34.7 Å². The van der Waals surface area contributed by atoms with E-state index in [-0.39, 0.29) is 23.8 Å². The predicted octanol–water partition coefficient (Wildman–Crippen LogP) is 2.23. The largest absolute Gasteiger partial charge is 0.462 e. The van der Waals surface area contributed by atoms with Gasteiger partial charge in [0.15, 0.2) is 5.78 Å². The van der Waals surface area contributed by atoms with Crippen LogP contribution in [0.4, 0.5) is 11.6 Å². The highest BCUT2D eigenvalue weighted by Gasteiger charge is 2.28. The third-order valence-corrected chi connectivity index (χ3v) is 12.5. The van der Waals surface area contributed by atoms with Crippen molar-refractivity contribution in [3.8, 4) is 12.0 Å². The Morgan fingerprint density at radius 1 is 0.565 bits per heavy atom. The topological polar surface area (TPSA) is 209 Å². The molecule has 4 aliphatic heterocycles. The van der Waals surface area contributed by atoms with Gasteiger partial charge in [-0.1, -0.05) is 35.4 Å². The van der Waals surface area contributed by atoms with E-state index in [2.05, 4.69) is 39.5 Å². The van der Waals surface area contributed by atoms with Gasteiger partial charge in [-0.15, -0.1) is 0 Å². The first-order valence-corrected chi connectivity index (χ1v) is 24.0. The Labute approximate surface area is 403 Å². The van der Waals surface area contributed by atoms with Crippen LogP contribution in [0.15, 0.2) is 53.5 Å². The number of aliphatic imine (C=N–C) groups is 1. The zero-order chi connectivity index (χ0) is 48.0. The second kappa shape index (κ2) is 24.7. The van der Waals surface area contributed by atoms with E-state index in [9.17, 15) is 14.4 Å². The zero-order valence-electron chi connectivity index (χ0n) is 39.9. The number of carbonyl (C=O) groups is 3. The predicted molar refractivity (Wildman–Crippen MR) is 258 cm³/mol. The number of rotatable bonds is 13. The number of ether oxygens (including phenoxy) is 6. The molecule has 4 fully saturated rings. The number of nitrogens with zero attached hydrogens (tertiary/aromatic N) is 9. The van der Waals surface area contributed by atoms with Crippen molar-refractivity contribution in [3.05, 3.63) is 93.3 Å². The summed E-state index contributed by atoms with van der Waals surface area (Å²) in [6.07, 6.45) is 0.696. The Bertz CT molecular complexity index is 2430. The Morgan fingerprint density at radius 2 is 1.01 bits per heavy atom. The van der Waals surface area contributed by atoms with Gasteiger partial charge in [-0.2, -0.15) is 19.9 Å². The van der Waals surface area contributed by atoms with E-state index in [1.54, 1.807) is 6.07 Å². The molecule has 2 aromatic carbocycles. The standard InChI is InChI=1S/C25H31N5O4.C15H25N5O3.C10H8O2/c1-18-2-3-19-15-22(31)24(21(19)14-18)26-17-20-16-23(30-7-11-33-12-8-30)28-25(27-20)34-13-6-29-4-9-32-10-5-29;16-12-13-11-14(20-4-8-22-9-5-20)18-15(17-13)23-10-3-19-1-6-21-7-2-19;1-6-2-3-7-5-9(11)10(12)8(7)4-6/h2-3,14,16H,4-13,15,17H2,1H3;11H,1-10,12,16H2;2-4H,5H2,1H3. The van der Waals surface area contributed by atoms with Crippen molar-refractivity contribution < 1.29 is 42.8 Å². The number of carbonyl (C=O) groups excluding carboxylic acids is 3. The first kappa shape index (κ1) is 49.6. The molecular weight excluding hydrogens is 885 g/mol. The smallest absolute Gasteiger partial charge is 0.318 e. The van der Waals surface area contributed by atoms with Gasteiger partial charge >= 0.3 is 12.0 Å². The van der Waals surface area contributed by atoms with Crippen LogP contribution in [0.2, 0.25) is 0 Å². The number of aromatic nitrogens is 4. The van der Waals surface area contributed by atoms with Crippen molar-refractivity contribution in [1.29, 1.82) is 0 Å². The number of nitrogens with two attached hydrogens (primary N) is 1. The van der Waals surface area contributed by atoms with Crippen molar-refractivity contribution in [1.82, 2.24) is 29.7 Å². The molecule has 2 aromatic heterocycles. The first-order valence-electron chi connectivity index (χ1n) is 24.0. The number of benzene rings is 2. The van der Waals surface area contributed by atoms with E-state index < -0.39 is 0 Å². The molecule has 10 rings (SSSR count). The third kappa shape index (κ3) is 13.9. The maximum Gasteiger partial charge on any atom is 0.318 e. The van der Waals surface area contributed by atoms with E-state index in [1.165, 1.54) is 0 Å². The molecule has 0 atom stereocenters. The number of ketones is 3. The fourth-order valence-electron chi connectivity index (χ4n) is 8.59. The van der Waals surface area contributed by atoms with Crippen molar-refractivity contribution in [2.24, 2.45) is 10.7 Å². The molecule has 0 spiro atoms. The highest BCUT2D eigenvalue weighted by Crippen LogP contribution is 2.24. The van der Waals surface area contributed by atoms with E-state index in [1.807, 2.05) is 56.3 Å². The van der Waals surface area contributed by atoms with Crippen LogP contribution in [0.1, 0.15) is 49.6 Å². The molecule has 69 heavy (non-hydrogen) atoms. The summed E-state index contributed by atoms with van der Waals surface area (Å²) in [6.45, 7) is 20.1. The molecule has 0 amide bonds. The first-order chi connectivity index (χ1) is 33.7. The van der Waals surface area contributed by atoms with Crippen LogP contribution >= 0.6 is 0 Å². The molecule has 0 unspecified atom stereocenters. The monoisotopic (exact) mass is 948 g/mol. The minimum absolute atomic E-state index is 0.0602. The number of anilines is 2. The van der Waals surface area contributed by atoms with Gasteiger partial charge in [0.1, 0.15) is 30.6 Å². The lowest BCUT2D eigenvalue weighted by Crippen LogP contribution is -2.39. The zero-order valence-corrected chi connectivity index (χ0v) is 39.9. The summed E-state index contributed by atoms with van der Waals surface area (Å²) in [5.41, 5.74) is 13.4. The summed E-state index contributed by atoms with van der Waals surface area (Å²) < 4.78 is 33.4. The van der Waals surface area contributed by atoms with Crippen LogP contribution in [0.3, 0.4) is 0 Å². The summed E-state index contributed by atoms with van der Waals surface area (Å²) in [7, 11) is 0. The molecule has 2 aliphatic carbocycles. The molecule has 368 valence electrons. The Morgan fingerprint density at radius 3 is 1.54 bits per heavy atom. The second-order valence-electron chi connectivity index (χ2n) is 17.5. The van der Waals surface area contributed by atoms with E-state index in [4.69, 9.17) is 39.1 Å². The number of aryl methyl sites for hydroxylation is 2. The minimum Gasteiger partial charge on any atom is -0.462 e. The molecule has 4 saturated heterocycles. The highest BCUT2D eigenvalue weighted by atomic mass is 16.5. The SMILES string of the molecule is Cc1ccc2c(c1)C(=NCc1cc(N3CCOCC3)nc(OCCN3CCOCC3)n1)C(=O)C2.Cc1ccc2c(c1)C(=O)C(=O)C2.NCc1cc(N2CCOCC2)nc(OCCN2CCOCC2)n1. The number of morpholine rings is 4. The third-order valence-electron chi connectivity index (χ3n) is 12.5. The van der Waals surface area contributed by atoms with Gasteiger partial charge in [-0.05, 0) is 37.1 Å². The van der Waals surface area contributed by atoms with Crippen molar-refractivity contribution in [2.75, 3.05) is 141 Å². The van der Waals surface area contributed by atoms with Crippen molar-refractivity contribution in [2.45, 2.75) is 39.8 Å². The van der Waals surface area contributed by atoms with Gasteiger partial charge in [-0.25, -0.2) is 0 Å². The number of Topliss-reactive ketones (excluding diaryl/α,β-unsaturated/α-hetero) is 3. The average Bonchev–Trinajstić information content (AvgIpc) is 3.85. The Balaban J connectivity index is 0.000000157. The summed E-state index contributed by atoms with van der Waals surface area (Å²) >= 11 is 0.